The lowest BCUT2D eigenvalue weighted by atomic mass is 9.91. The molecule has 0 spiro atoms. The van der Waals surface area contributed by atoms with E-state index in [0.29, 0.717) is 23.4 Å². The highest BCUT2D eigenvalue weighted by Crippen LogP contribution is 2.31. The van der Waals surface area contributed by atoms with Gasteiger partial charge in [-0.1, -0.05) is 36.7 Å². The Balaban J connectivity index is 2.69. The van der Waals surface area contributed by atoms with Crippen molar-refractivity contribution in [1.82, 2.24) is 0 Å². The number of hydrogen-bond donors (Lipinski definition) is 1. The van der Waals surface area contributed by atoms with Crippen molar-refractivity contribution < 1.29 is 13.5 Å². The average Bonchev–Trinajstić information content (AvgIpc) is 2.29. The molecule has 1 unspecified atom stereocenters. The molecule has 1 atom stereocenters. The fraction of sp³-hybridized carbons (Fsp3) is 0.538. The van der Waals surface area contributed by atoms with Gasteiger partial charge in [0.05, 0.1) is 11.4 Å². The first kappa shape index (κ1) is 15.5. The molecule has 0 aliphatic carbocycles. The van der Waals surface area contributed by atoms with Crippen LogP contribution in [-0.4, -0.2) is 25.0 Å². The predicted octanol–water partition coefficient (Wildman–Crippen LogP) is 2.76. The van der Waals surface area contributed by atoms with E-state index in [1.165, 1.54) is 0 Å². The number of aliphatic hydroxyl groups is 1. The fourth-order valence-corrected chi connectivity index (χ4v) is 3.03. The molecule has 0 saturated heterocycles. The minimum atomic E-state index is -2.98. The van der Waals surface area contributed by atoms with Crippen molar-refractivity contribution in [2.45, 2.75) is 32.3 Å². The third kappa shape index (κ3) is 4.26. The van der Waals surface area contributed by atoms with Gasteiger partial charge in [0.15, 0.2) is 0 Å². The van der Waals surface area contributed by atoms with Crippen LogP contribution in [0.3, 0.4) is 0 Å². The monoisotopic (exact) mass is 290 g/mol. The van der Waals surface area contributed by atoms with Gasteiger partial charge in [0.2, 0.25) is 0 Å². The Kier molecular flexibility index (Phi) is 5.20. The van der Waals surface area contributed by atoms with E-state index in [1.807, 2.05) is 0 Å². The second kappa shape index (κ2) is 6.04. The van der Waals surface area contributed by atoms with Crippen LogP contribution in [0.1, 0.15) is 32.3 Å². The number of benzene rings is 1. The molecule has 0 aromatic heterocycles. The molecule has 0 fully saturated rings. The molecule has 0 radical (unpaired) electrons. The number of hydrogen-bond acceptors (Lipinski definition) is 3. The topological polar surface area (TPSA) is 54.4 Å². The summed E-state index contributed by atoms with van der Waals surface area (Å²) >= 11 is 6.03. The quantitative estimate of drug-likeness (QED) is 0.876. The van der Waals surface area contributed by atoms with Crippen molar-refractivity contribution in [1.29, 1.82) is 0 Å². The molecule has 0 bridgehead atoms. The third-order valence-electron chi connectivity index (χ3n) is 3.01. The highest BCUT2D eigenvalue weighted by atomic mass is 35.5. The molecule has 1 aromatic carbocycles. The van der Waals surface area contributed by atoms with Crippen molar-refractivity contribution >= 4 is 21.4 Å². The van der Waals surface area contributed by atoms with Crippen LogP contribution in [0.2, 0.25) is 5.02 Å². The molecule has 5 heteroatoms. The first-order valence-corrected chi connectivity index (χ1v) is 8.16. The van der Waals surface area contributed by atoms with Gasteiger partial charge in [-0.05, 0) is 25.8 Å². The lowest BCUT2D eigenvalue weighted by Gasteiger charge is -2.24. The molecule has 0 aliphatic rings. The largest absolute Gasteiger partial charge is 0.385 e. The molecule has 0 aliphatic heterocycles. The van der Waals surface area contributed by atoms with Gasteiger partial charge in [-0.3, -0.25) is 0 Å². The van der Waals surface area contributed by atoms with Gasteiger partial charge in [0, 0.05) is 16.3 Å². The van der Waals surface area contributed by atoms with E-state index >= 15 is 0 Å². The van der Waals surface area contributed by atoms with Crippen molar-refractivity contribution in [3.8, 4) is 0 Å². The van der Waals surface area contributed by atoms with Gasteiger partial charge >= 0.3 is 0 Å². The van der Waals surface area contributed by atoms with E-state index in [1.54, 1.807) is 38.1 Å². The molecule has 1 N–H and O–H groups in total. The second-order valence-corrected chi connectivity index (χ2v) is 7.47. The Bertz CT molecular complexity index is 495. The summed E-state index contributed by atoms with van der Waals surface area (Å²) < 4.78 is 22.8. The van der Waals surface area contributed by atoms with E-state index < -0.39 is 15.4 Å². The van der Waals surface area contributed by atoms with Crippen LogP contribution in [0.15, 0.2) is 24.3 Å². The zero-order chi connectivity index (χ0) is 13.8. The molecule has 18 heavy (non-hydrogen) atoms. The van der Waals surface area contributed by atoms with E-state index in [2.05, 4.69) is 0 Å². The summed E-state index contributed by atoms with van der Waals surface area (Å²) in [6, 6.07) is 7.08. The van der Waals surface area contributed by atoms with E-state index in [-0.39, 0.29) is 11.5 Å². The highest BCUT2D eigenvalue weighted by molar-refractivity contribution is 7.91. The Hall–Kier alpha value is -0.580. The third-order valence-corrected chi connectivity index (χ3v) is 5.13. The van der Waals surface area contributed by atoms with Gasteiger partial charge in [-0.2, -0.15) is 0 Å². The Morgan fingerprint density at radius 2 is 1.94 bits per heavy atom. The summed E-state index contributed by atoms with van der Waals surface area (Å²) in [5.41, 5.74) is -0.456. The van der Waals surface area contributed by atoms with Gasteiger partial charge in [0.25, 0.3) is 0 Å². The molecule has 0 amide bonds. The lowest BCUT2D eigenvalue weighted by molar-refractivity contribution is 0.0473. The summed E-state index contributed by atoms with van der Waals surface area (Å²) in [4.78, 5) is 0. The van der Waals surface area contributed by atoms with Crippen LogP contribution in [0.4, 0.5) is 0 Å². The summed E-state index contributed by atoms with van der Waals surface area (Å²) in [6.45, 7) is 3.29. The highest BCUT2D eigenvalue weighted by Gasteiger charge is 2.25. The zero-order valence-electron chi connectivity index (χ0n) is 10.7. The lowest BCUT2D eigenvalue weighted by Crippen LogP contribution is -2.23. The van der Waals surface area contributed by atoms with Crippen molar-refractivity contribution in [2.24, 2.45) is 0 Å². The summed E-state index contributed by atoms with van der Waals surface area (Å²) in [7, 11) is -2.98. The van der Waals surface area contributed by atoms with Crippen molar-refractivity contribution in [2.75, 3.05) is 11.5 Å². The molecule has 1 rings (SSSR count). The predicted molar refractivity (Wildman–Crippen MR) is 74.6 cm³/mol. The van der Waals surface area contributed by atoms with E-state index in [0.717, 1.165) is 0 Å². The second-order valence-electron chi connectivity index (χ2n) is 4.59. The SMILES string of the molecule is CCS(=O)(=O)CCCC(C)(O)c1ccccc1Cl. The molecule has 0 heterocycles. The molecule has 0 saturated carbocycles. The molecular weight excluding hydrogens is 272 g/mol. The van der Waals surface area contributed by atoms with Gasteiger partial charge in [0.1, 0.15) is 9.84 Å². The van der Waals surface area contributed by atoms with Gasteiger partial charge in [-0.15, -0.1) is 0 Å². The van der Waals surface area contributed by atoms with Crippen LogP contribution in [0.25, 0.3) is 0 Å². The maximum Gasteiger partial charge on any atom is 0.150 e. The van der Waals surface area contributed by atoms with Gasteiger partial charge < -0.3 is 5.11 Å². The zero-order valence-corrected chi connectivity index (χ0v) is 12.3. The number of rotatable bonds is 6. The summed E-state index contributed by atoms with van der Waals surface area (Å²) in [6.07, 6.45) is 0.796. The van der Waals surface area contributed by atoms with Crippen LogP contribution in [0, 0.1) is 0 Å². The number of sulfone groups is 1. The minimum Gasteiger partial charge on any atom is -0.385 e. The minimum absolute atomic E-state index is 0.101. The molecule has 3 nitrogen and oxygen atoms in total. The Labute approximate surface area is 114 Å². The van der Waals surface area contributed by atoms with Crippen LogP contribution >= 0.6 is 11.6 Å². The van der Waals surface area contributed by atoms with Crippen LogP contribution in [0.5, 0.6) is 0 Å². The smallest absolute Gasteiger partial charge is 0.150 e. The maximum atomic E-state index is 11.4. The summed E-state index contributed by atoms with van der Waals surface area (Å²) in [5.74, 6) is 0.241. The molecular formula is C13H19ClO3S. The molecule has 1 aromatic rings. The van der Waals surface area contributed by atoms with Gasteiger partial charge in [-0.25, -0.2) is 8.42 Å². The maximum absolute atomic E-state index is 11.4. The van der Waals surface area contributed by atoms with Crippen molar-refractivity contribution in [3.05, 3.63) is 34.9 Å². The first-order chi connectivity index (χ1) is 8.28. The Morgan fingerprint density at radius 1 is 1.33 bits per heavy atom. The fourth-order valence-electron chi connectivity index (χ4n) is 1.81. The average molecular weight is 291 g/mol. The summed E-state index contributed by atoms with van der Waals surface area (Å²) in [5, 5.41) is 10.9. The first-order valence-electron chi connectivity index (χ1n) is 5.96. The van der Waals surface area contributed by atoms with Crippen LogP contribution in [-0.2, 0) is 15.4 Å². The van der Waals surface area contributed by atoms with Crippen LogP contribution < -0.4 is 0 Å². The normalized spacial score (nSPS) is 15.3. The van der Waals surface area contributed by atoms with E-state index in [4.69, 9.17) is 11.6 Å². The molecule has 102 valence electrons. The Morgan fingerprint density at radius 3 is 2.50 bits per heavy atom. The standard InChI is InChI=1S/C13H19ClO3S/c1-3-18(16,17)10-6-9-13(2,15)11-7-4-5-8-12(11)14/h4-5,7-8,15H,3,6,9-10H2,1-2H3. The van der Waals surface area contributed by atoms with E-state index in [9.17, 15) is 13.5 Å². The number of halogens is 1. The van der Waals surface area contributed by atoms with Crippen molar-refractivity contribution in [3.63, 3.8) is 0 Å².